The second-order valence-corrected chi connectivity index (χ2v) is 19.5. The first-order chi connectivity index (χ1) is 38.0. The average molecular weight is 988 g/mol. The second kappa shape index (κ2) is 20.3. The van der Waals surface area contributed by atoms with Gasteiger partial charge in [0, 0.05) is 67.3 Å². The number of aromatic nitrogens is 3. The van der Waals surface area contributed by atoms with E-state index >= 15 is 0 Å². The molecule has 366 valence electrons. The highest BCUT2D eigenvalue weighted by Crippen LogP contribution is 2.43. The van der Waals surface area contributed by atoms with Gasteiger partial charge in [0.25, 0.3) is 0 Å². The molecule has 0 atom stereocenters. The van der Waals surface area contributed by atoms with Crippen LogP contribution in [0.3, 0.4) is 0 Å². The van der Waals surface area contributed by atoms with Gasteiger partial charge in [0.1, 0.15) is 0 Å². The second-order valence-electron chi connectivity index (χ2n) is 19.5. The Bertz CT molecular complexity index is 3910. The zero-order chi connectivity index (χ0) is 51.7. The van der Waals surface area contributed by atoms with E-state index in [2.05, 4.69) is 313 Å². The molecule has 13 aromatic rings. The summed E-state index contributed by atoms with van der Waals surface area (Å²) in [6.07, 6.45) is 0. The van der Waals surface area contributed by atoms with E-state index < -0.39 is 0 Å². The molecule has 0 fully saturated rings. The molecule has 0 saturated carbocycles. The van der Waals surface area contributed by atoms with Crippen molar-refractivity contribution in [2.75, 3.05) is 9.80 Å². The van der Waals surface area contributed by atoms with E-state index in [1.54, 1.807) is 0 Å². The van der Waals surface area contributed by atoms with Gasteiger partial charge in [-0.05, 0) is 150 Å². The Morgan fingerprint density at radius 2 is 0.636 bits per heavy atom. The molecule has 0 aliphatic heterocycles. The maximum absolute atomic E-state index is 5.13. The molecule has 13 rings (SSSR count). The molecule has 0 aliphatic rings. The summed E-state index contributed by atoms with van der Waals surface area (Å²) in [5, 5.41) is 2.34. The monoisotopic (exact) mass is 987 g/mol. The van der Waals surface area contributed by atoms with Crippen LogP contribution < -0.4 is 9.80 Å². The molecule has 0 spiro atoms. The Morgan fingerprint density at radius 1 is 0.286 bits per heavy atom. The first kappa shape index (κ1) is 46.7. The number of hydrogen-bond acceptors (Lipinski definition) is 4. The fourth-order valence-electron chi connectivity index (χ4n) is 10.8. The Balaban J connectivity index is 0.844. The summed E-state index contributed by atoms with van der Waals surface area (Å²) in [7, 11) is 0. The van der Waals surface area contributed by atoms with Crippen molar-refractivity contribution < 1.29 is 0 Å². The minimum absolute atomic E-state index is 0.731. The molecule has 2 aromatic heterocycles. The zero-order valence-electron chi connectivity index (χ0n) is 42.9. The third kappa shape index (κ3) is 9.11. The van der Waals surface area contributed by atoms with Crippen molar-refractivity contribution in [3.8, 4) is 61.8 Å². The van der Waals surface area contributed by atoms with Gasteiger partial charge in [0.15, 0.2) is 5.82 Å². The molecule has 0 unspecified atom stereocenters. The molecule has 0 amide bonds. The van der Waals surface area contributed by atoms with Crippen LogP contribution in [0.25, 0.3) is 83.6 Å². The van der Waals surface area contributed by atoms with Gasteiger partial charge in [0.05, 0.1) is 22.4 Å². The summed E-state index contributed by atoms with van der Waals surface area (Å²) in [5.41, 5.74) is 21.9. The highest BCUT2D eigenvalue weighted by molar-refractivity contribution is 6.12. The smallest absolute Gasteiger partial charge is 0.160 e. The molecular weight excluding hydrogens is 935 g/mol. The van der Waals surface area contributed by atoms with Crippen LogP contribution >= 0.6 is 0 Å². The molecule has 5 heteroatoms. The van der Waals surface area contributed by atoms with Crippen LogP contribution in [-0.2, 0) is 0 Å². The average Bonchev–Trinajstić information content (AvgIpc) is 3.82. The lowest BCUT2D eigenvalue weighted by Crippen LogP contribution is -2.09. The normalized spacial score (nSPS) is 11.2. The van der Waals surface area contributed by atoms with Gasteiger partial charge in [-0.2, -0.15) is 0 Å². The molecule has 0 bridgehead atoms. The summed E-state index contributed by atoms with van der Waals surface area (Å²) in [5.74, 6) is 0.731. The number of rotatable bonds is 12. The molecule has 0 N–H and O–H groups in total. The highest BCUT2D eigenvalue weighted by atomic mass is 15.1. The Morgan fingerprint density at radius 3 is 1.05 bits per heavy atom. The van der Waals surface area contributed by atoms with E-state index in [0.29, 0.717) is 0 Å². The summed E-state index contributed by atoms with van der Waals surface area (Å²) < 4.78 is 2.41. The van der Waals surface area contributed by atoms with Crippen molar-refractivity contribution in [2.45, 2.75) is 13.8 Å². The van der Waals surface area contributed by atoms with E-state index in [9.17, 15) is 0 Å². The van der Waals surface area contributed by atoms with E-state index in [4.69, 9.17) is 9.97 Å². The van der Waals surface area contributed by atoms with E-state index in [1.807, 2.05) is 0 Å². The van der Waals surface area contributed by atoms with Crippen molar-refractivity contribution >= 4 is 55.9 Å². The van der Waals surface area contributed by atoms with Crippen LogP contribution in [0.2, 0.25) is 0 Å². The largest absolute Gasteiger partial charge is 0.310 e. The minimum Gasteiger partial charge on any atom is -0.310 e. The Hall–Kier alpha value is -10.1. The molecular formula is C72H53N5. The molecule has 11 aromatic carbocycles. The van der Waals surface area contributed by atoms with Crippen LogP contribution in [0, 0.1) is 13.8 Å². The maximum atomic E-state index is 5.13. The fraction of sp³-hybridized carbons (Fsp3) is 0.0278. The number of benzene rings is 11. The predicted molar refractivity (Wildman–Crippen MR) is 322 cm³/mol. The van der Waals surface area contributed by atoms with Gasteiger partial charge in [-0.15, -0.1) is 0 Å². The fourth-order valence-corrected chi connectivity index (χ4v) is 10.8. The first-order valence-electron chi connectivity index (χ1n) is 26.2. The van der Waals surface area contributed by atoms with Crippen LogP contribution in [0.4, 0.5) is 34.1 Å². The number of para-hydroxylation sites is 4. The van der Waals surface area contributed by atoms with Crippen LogP contribution in [-0.4, -0.2) is 14.5 Å². The van der Waals surface area contributed by atoms with Gasteiger partial charge >= 0.3 is 0 Å². The van der Waals surface area contributed by atoms with Crippen molar-refractivity contribution in [2.24, 2.45) is 0 Å². The van der Waals surface area contributed by atoms with E-state index in [0.717, 1.165) is 113 Å². The number of hydrogen-bond donors (Lipinski definition) is 0. The number of anilines is 6. The molecule has 0 saturated heterocycles. The van der Waals surface area contributed by atoms with Crippen molar-refractivity contribution in [3.63, 3.8) is 0 Å². The van der Waals surface area contributed by atoms with Crippen LogP contribution in [0.5, 0.6) is 0 Å². The minimum atomic E-state index is 0.731. The SMILES string of the molecule is Cc1ccccc1-c1cc(-c2ccc(-c3ccc(-c4ccc(-n5c6ccc(N(c7ccccc7)c7ccccc7)cc6c6cc(N(c7ccccc7)c7ccccc7)ccc65)cc4)cc3)cc2)nc(-c2ccccc2C)n1. The quantitative estimate of drug-likeness (QED) is 0.122. The number of aryl methyl sites for hydroxylation is 2. The molecule has 2 heterocycles. The summed E-state index contributed by atoms with van der Waals surface area (Å²) >= 11 is 0. The maximum Gasteiger partial charge on any atom is 0.160 e. The first-order valence-corrected chi connectivity index (χ1v) is 26.2. The van der Waals surface area contributed by atoms with Gasteiger partial charge in [0.2, 0.25) is 0 Å². The van der Waals surface area contributed by atoms with Crippen LogP contribution in [0.1, 0.15) is 11.1 Å². The molecule has 0 radical (unpaired) electrons. The third-order valence-corrected chi connectivity index (χ3v) is 14.7. The Kier molecular flexibility index (Phi) is 12.3. The summed E-state index contributed by atoms with van der Waals surface area (Å²) in [6.45, 7) is 4.25. The summed E-state index contributed by atoms with van der Waals surface area (Å²) in [6, 6.07) is 102. The van der Waals surface area contributed by atoms with Crippen molar-refractivity contribution in [1.82, 2.24) is 14.5 Å². The van der Waals surface area contributed by atoms with E-state index in [-0.39, 0.29) is 0 Å². The van der Waals surface area contributed by atoms with Gasteiger partial charge in [-0.1, -0.05) is 182 Å². The topological polar surface area (TPSA) is 37.2 Å². The molecule has 5 nitrogen and oxygen atoms in total. The number of fused-ring (bicyclic) bond motifs is 3. The van der Waals surface area contributed by atoms with Crippen molar-refractivity contribution in [1.29, 1.82) is 0 Å². The zero-order valence-corrected chi connectivity index (χ0v) is 42.9. The predicted octanol–water partition coefficient (Wildman–Crippen LogP) is 19.5. The van der Waals surface area contributed by atoms with Gasteiger partial charge in [-0.3, -0.25) is 0 Å². The lowest BCUT2D eigenvalue weighted by Gasteiger charge is -2.26. The van der Waals surface area contributed by atoms with Crippen molar-refractivity contribution in [3.05, 3.63) is 296 Å². The lowest BCUT2D eigenvalue weighted by molar-refractivity contribution is 1.17. The summed E-state index contributed by atoms with van der Waals surface area (Å²) in [4.78, 5) is 14.9. The van der Waals surface area contributed by atoms with E-state index in [1.165, 1.54) is 16.3 Å². The Labute approximate surface area is 449 Å². The number of nitrogens with zero attached hydrogens (tertiary/aromatic N) is 5. The third-order valence-electron chi connectivity index (χ3n) is 14.7. The van der Waals surface area contributed by atoms with Crippen LogP contribution in [0.15, 0.2) is 285 Å². The highest BCUT2D eigenvalue weighted by Gasteiger charge is 2.21. The lowest BCUT2D eigenvalue weighted by atomic mass is 9.98. The molecule has 77 heavy (non-hydrogen) atoms. The van der Waals surface area contributed by atoms with Gasteiger partial charge in [-0.25, -0.2) is 9.97 Å². The van der Waals surface area contributed by atoms with Gasteiger partial charge < -0.3 is 14.4 Å². The molecule has 0 aliphatic carbocycles. The standard InChI is InChI=1S/C72H53N5/c1-50-19-15-17-29-64(50)69-49-68(73-72(74-69)65-30-18-16-20-51(65)2)56-37-35-54(36-38-56)52-31-33-53(34-32-52)55-39-41-61(42-40-55)77-70-45-43-62(75(57-21-7-3-8-22-57)58-23-9-4-10-24-58)47-66(70)67-48-63(44-46-71(67)77)76(59-25-11-5-12-26-59)60-27-13-6-14-28-60/h3-49H,1-2H3.